The molecule has 1 aliphatic heterocycles. The molecule has 2 N–H and O–H groups in total. The highest BCUT2D eigenvalue weighted by molar-refractivity contribution is 5.81. The molecule has 1 aromatic carbocycles. The molecule has 90 valence electrons. The SMILES string of the molecule is CN1CC(=Cc2cc(F)c(O)c(F)c2)NC1=O. The molecule has 0 atom stereocenters. The highest BCUT2D eigenvalue weighted by Crippen LogP contribution is 2.23. The number of aromatic hydroxyl groups is 1. The summed E-state index contributed by atoms with van der Waals surface area (Å²) in [6.45, 7) is 0.350. The molecule has 2 amide bonds. The smallest absolute Gasteiger partial charge is 0.321 e. The molecule has 17 heavy (non-hydrogen) atoms. The van der Waals surface area contributed by atoms with Crippen LogP contribution in [0.4, 0.5) is 13.6 Å². The average molecular weight is 240 g/mol. The van der Waals surface area contributed by atoms with Crippen LogP contribution in [0.3, 0.4) is 0 Å². The van der Waals surface area contributed by atoms with Gasteiger partial charge in [-0.05, 0) is 23.8 Å². The number of hydrogen-bond donors (Lipinski definition) is 2. The lowest BCUT2D eigenvalue weighted by atomic mass is 10.1. The van der Waals surface area contributed by atoms with Crippen molar-refractivity contribution in [1.82, 2.24) is 10.2 Å². The highest BCUT2D eigenvalue weighted by Gasteiger charge is 2.20. The summed E-state index contributed by atoms with van der Waals surface area (Å²) in [6, 6.07) is 1.72. The third-order valence-corrected chi connectivity index (χ3v) is 2.40. The Bertz CT molecular complexity index is 491. The van der Waals surface area contributed by atoms with Crippen LogP contribution in [0.25, 0.3) is 6.08 Å². The van der Waals surface area contributed by atoms with Crippen LogP contribution in [0.5, 0.6) is 5.75 Å². The molecule has 0 aliphatic carbocycles. The standard InChI is InChI=1S/C11H10F2N2O2/c1-15-5-7(14-11(15)17)2-6-3-8(12)10(16)9(13)4-6/h2-4,16H,5H2,1H3,(H,14,17). The number of carbonyl (C=O) groups is 1. The second-order valence-corrected chi connectivity index (χ2v) is 3.79. The van der Waals surface area contributed by atoms with E-state index in [9.17, 15) is 13.6 Å². The molecule has 0 saturated carbocycles. The number of halogens is 2. The van der Waals surface area contributed by atoms with Crippen LogP contribution in [0.1, 0.15) is 5.56 Å². The van der Waals surface area contributed by atoms with Gasteiger partial charge in [-0.3, -0.25) is 0 Å². The lowest BCUT2D eigenvalue weighted by molar-refractivity contribution is 0.226. The van der Waals surface area contributed by atoms with E-state index in [0.29, 0.717) is 12.2 Å². The minimum Gasteiger partial charge on any atom is -0.503 e. The summed E-state index contributed by atoms with van der Waals surface area (Å²) in [5.74, 6) is -3.07. The Hall–Kier alpha value is -2.11. The van der Waals surface area contributed by atoms with E-state index in [1.165, 1.54) is 11.0 Å². The molecule has 6 heteroatoms. The number of nitrogens with zero attached hydrogens (tertiary/aromatic N) is 1. The van der Waals surface area contributed by atoms with E-state index in [0.717, 1.165) is 12.1 Å². The van der Waals surface area contributed by atoms with E-state index in [2.05, 4.69) is 5.32 Å². The second-order valence-electron chi connectivity index (χ2n) is 3.79. The predicted molar refractivity (Wildman–Crippen MR) is 57.2 cm³/mol. The number of rotatable bonds is 1. The van der Waals surface area contributed by atoms with Crippen molar-refractivity contribution in [2.45, 2.75) is 0 Å². The monoisotopic (exact) mass is 240 g/mol. The van der Waals surface area contributed by atoms with Gasteiger partial charge in [0.25, 0.3) is 0 Å². The van der Waals surface area contributed by atoms with Crippen molar-refractivity contribution in [3.05, 3.63) is 35.0 Å². The Morgan fingerprint density at radius 2 is 2.00 bits per heavy atom. The summed E-state index contributed by atoms with van der Waals surface area (Å²) < 4.78 is 26.1. The molecule has 0 radical (unpaired) electrons. The fourth-order valence-corrected chi connectivity index (χ4v) is 1.55. The molecule has 1 saturated heterocycles. The van der Waals surface area contributed by atoms with E-state index in [4.69, 9.17) is 5.11 Å². The fraction of sp³-hybridized carbons (Fsp3) is 0.182. The molecule has 0 spiro atoms. The van der Waals surface area contributed by atoms with E-state index < -0.39 is 17.4 Å². The second kappa shape index (κ2) is 4.04. The van der Waals surface area contributed by atoms with Crippen molar-refractivity contribution in [1.29, 1.82) is 0 Å². The summed E-state index contributed by atoms with van der Waals surface area (Å²) >= 11 is 0. The lowest BCUT2D eigenvalue weighted by Crippen LogP contribution is -2.23. The number of phenolic OH excluding ortho intramolecular Hbond substituents is 1. The zero-order valence-electron chi connectivity index (χ0n) is 9.00. The molecule has 1 heterocycles. The number of nitrogens with one attached hydrogen (secondary N) is 1. The summed E-state index contributed by atoms with van der Waals surface area (Å²) in [5, 5.41) is 11.5. The van der Waals surface area contributed by atoms with Crippen molar-refractivity contribution in [2.24, 2.45) is 0 Å². The first-order chi connectivity index (χ1) is 7.97. The van der Waals surface area contributed by atoms with Crippen LogP contribution < -0.4 is 5.32 Å². The first kappa shape index (κ1) is 11.4. The largest absolute Gasteiger partial charge is 0.503 e. The van der Waals surface area contributed by atoms with E-state index in [1.54, 1.807) is 7.05 Å². The zero-order chi connectivity index (χ0) is 12.6. The van der Waals surface area contributed by atoms with E-state index in [1.807, 2.05) is 0 Å². The predicted octanol–water partition coefficient (Wildman–Crippen LogP) is 1.67. The molecule has 1 fully saturated rings. The van der Waals surface area contributed by atoms with E-state index >= 15 is 0 Å². The molecule has 0 aromatic heterocycles. The van der Waals surface area contributed by atoms with Gasteiger partial charge in [-0.1, -0.05) is 0 Å². The van der Waals surface area contributed by atoms with Crippen molar-refractivity contribution in [3.63, 3.8) is 0 Å². The van der Waals surface area contributed by atoms with Gasteiger partial charge in [-0.15, -0.1) is 0 Å². The topological polar surface area (TPSA) is 52.6 Å². The van der Waals surface area contributed by atoms with Gasteiger partial charge in [0.05, 0.1) is 6.54 Å². The average Bonchev–Trinajstić information content (AvgIpc) is 2.54. The molecule has 0 unspecified atom stereocenters. The molecular weight excluding hydrogens is 230 g/mol. The Labute approximate surface area is 96.2 Å². The van der Waals surface area contributed by atoms with Crippen molar-refractivity contribution >= 4 is 12.1 Å². The quantitative estimate of drug-likeness (QED) is 0.784. The number of urea groups is 1. The molecule has 1 aliphatic rings. The van der Waals surface area contributed by atoms with Crippen LogP contribution >= 0.6 is 0 Å². The molecule has 2 rings (SSSR count). The molecular formula is C11H10F2N2O2. The highest BCUT2D eigenvalue weighted by atomic mass is 19.1. The van der Waals surface area contributed by atoms with Crippen LogP contribution in [0.15, 0.2) is 17.8 Å². The number of phenols is 1. The fourth-order valence-electron chi connectivity index (χ4n) is 1.55. The van der Waals surface area contributed by atoms with E-state index in [-0.39, 0.29) is 11.6 Å². The van der Waals surface area contributed by atoms with Gasteiger partial charge in [-0.25, -0.2) is 13.6 Å². The van der Waals surface area contributed by atoms with Gasteiger partial charge in [-0.2, -0.15) is 0 Å². The third kappa shape index (κ3) is 2.20. The number of hydrogen-bond acceptors (Lipinski definition) is 2. The zero-order valence-corrected chi connectivity index (χ0v) is 9.00. The Kier molecular flexibility index (Phi) is 2.71. The molecule has 1 aromatic rings. The number of carbonyl (C=O) groups excluding carboxylic acids is 1. The lowest BCUT2D eigenvalue weighted by Gasteiger charge is -2.02. The number of amides is 2. The summed E-state index contributed by atoms with van der Waals surface area (Å²) in [7, 11) is 1.61. The van der Waals surface area contributed by atoms with Crippen molar-refractivity contribution in [3.8, 4) is 5.75 Å². The summed E-state index contributed by atoms with van der Waals surface area (Å²) in [6.07, 6.45) is 1.45. The molecule has 4 nitrogen and oxygen atoms in total. The maximum absolute atomic E-state index is 13.1. The van der Waals surface area contributed by atoms with Gasteiger partial charge in [0, 0.05) is 12.7 Å². The number of likely N-dealkylation sites (N-methyl/N-ethyl adjacent to an activating group) is 1. The Morgan fingerprint density at radius 1 is 1.41 bits per heavy atom. The van der Waals surface area contributed by atoms with Crippen LogP contribution in [0, 0.1) is 11.6 Å². The van der Waals surface area contributed by atoms with Crippen molar-refractivity contribution < 1.29 is 18.7 Å². The minimum absolute atomic E-state index is 0.239. The van der Waals surface area contributed by atoms with Gasteiger partial charge in [0.2, 0.25) is 0 Å². The minimum atomic E-state index is -1.03. The summed E-state index contributed by atoms with van der Waals surface area (Å²) in [5.41, 5.74) is 0.783. The Morgan fingerprint density at radius 3 is 2.47 bits per heavy atom. The maximum atomic E-state index is 13.1. The van der Waals surface area contributed by atoms with Crippen molar-refractivity contribution in [2.75, 3.05) is 13.6 Å². The Balaban J connectivity index is 2.31. The maximum Gasteiger partial charge on any atom is 0.321 e. The normalized spacial score (nSPS) is 17.7. The molecule has 0 bridgehead atoms. The van der Waals surface area contributed by atoms with Gasteiger partial charge in [0.1, 0.15) is 0 Å². The summed E-state index contributed by atoms with van der Waals surface area (Å²) in [4.78, 5) is 12.6. The van der Waals surface area contributed by atoms with Crippen LogP contribution in [-0.2, 0) is 0 Å². The first-order valence-corrected chi connectivity index (χ1v) is 4.88. The first-order valence-electron chi connectivity index (χ1n) is 4.88. The van der Waals surface area contributed by atoms with Crippen LogP contribution in [0.2, 0.25) is 0 Å². The number of benzene rings is 1. The van der Waals surface area contributed by atoms with Gasteiger partial charge < -0.3 is 15.3 Å². The van der Waals surface area contributed by atoms with Gasteiger partial charge in [0.15, 0.2) is 17.4 Å². The third-order valence-electron chi connectivity index (χ3n) is 2.40. The van der Waals surface area contributed by atoms with Crippen LogP contribution in [-0.4, -0.2) is 29.6 Å². The van der Waals surface area contributed by atoms with Gasteiger partial charge >= 0.3 is 6.03 Å².